The maximum atomic E-state index is 12.6. The Hall–Kier alpha value is -2.04. The largest absolute Gasteiger partial charge is 0.491 e. The number of carbonyl (C=O) groups is 1. The summed E-state index contributed by atoms with van der Waals surface area (Å²) in [6.45, 7) is 7.23. The molecule has 1 atom stereocenters. The van der Waals surface area contributed by atoms with Crippen LogP contribution >= 0.6 is 11.6 Å². The van der Waals surface area contributed by atoms with E-state index in [1.165, 1.54) is 5.56 Å². The minimum atomic E-state index is -0.0170. The predicted octanol–water partition coefficient (Wildman–Crippen LogP) is 4.44. The Balaban J connectivity index is 1.40. The molecule has 1 N–H and O–H groups in total. The molecule has 0 bridgehead atoms. The summed E-state index contributed by atoms with van der Waals surface area (Å²) >= 11 is 6.07. The fraction of sp³-hybridized carbons (Fsp3) is 0.435. The van der Waals surface area contributed by atoms with E-state index in [0.717, 1.165) is 48.8 Å². The maximum Gasteiger partial charge on any atom is 0.223 e. The summed E-state index contributed by atoms with van der Waals surface area (Å²) < 4.78 is 5.85. The molecule has 1 aliphatic heterocycles. The Morgan fingerprint density at radius 1 is 1.21 bits per heavy atom. The van der Waals surface area contributed by atoms with Crippen molar-refractivity contribution in [2.24, 2.45) is 5.92 Å². The third-order valence-electron chi connectivity index (χ3n) is 5.22. The Bertz CT molecular complexity index is 788. The molecule has 1 fully saturated rings. The number of para-hydroxylation sites is 1. The highest BCUT2D eigenvalue weighted by atomic mass is 35.5. The smallest absolute Gasteiger partial charge is 0.223 e. The second-order valence-corrected chi connectivity index (χ2v) is 8.10. The number of hydrogen-bond donors (Lipinski definition) is 1. The summed E-state index contributed by atoms with van der Waals surface area (Å²) in [5.74, 6) is 1.10. The van der Waals surface area contributed by atoms with Gasteiger partial charge < -0.3 is 10.1 Å². The summed E-state index contributed by atoms with van der Waals surface area (Å²) in [7, 11) is 0. The number of carbonyl (C=O) groups excluding carboxylic acids is 1. The number of halogens is 1. The molecule has 0 aliphatic carbocycles. The fourth-order valence-electron chi connectivity index (χ4n) is 3.58. The van der Waals surface area contributed by atoms with Crippen LogP contribution in [-0.4, -0.2) is 36.5 Å². The third kappa shape index (κ3) is 5.98. The van der Waals surface area contributed by atoms with Crippen molar-refractivity contribution in [2.75, 3.05) is 19.7 Å². The summed E-state index contributed by atoms with van der Waals surface area (Å²) in [6, 6.07) is 15.9. The van der Waals surface area contributed by atoms with Crippen molar-refractivity contribution in [3.05, 3.63) is 64.7 Å². The quantitative estimate of drug-likeness (QED) is 0.746. The lowest BCUT2D eigenvalue weighted by Gasteiger charge is -2.32. The van der Waals surface area contributed by atoms with E-state index in [9.17, 15) is 4.79 Å². The molecule has 1 amide bonds. The average molecular weight is 401 g/mol. The first-order valence-electron chi connectivity index (χ1n) is 9.97. The highest BCUT2D eigenvalue weighted by molar-refractivity contribution is 6.30. The minimum absolute atomic E-state index is 0.0170. The summed E-state index contributed by atoms with van der Waals surface area (Å²) in [4.78, 5) is 15.0. The van der Waals surface area contributed by atoms with Crippen LogP contribution in [-0.2, 0) is 11.3 Å². The zero-order chi connectivity index (χ0) is 19.9. The van der Waals surface area contributed by atoms with Crippen molar-refractivity contribution in [1.29, 1.82) is 0 Å². The normalized spacial score (nSPS) is 16.5. The van der Waals surface area contributed by atoms with Crippen LogP contribution in [0.1, 0.15) is 30.9 Å². The van der Waals surface area contributed by atoms with Gasteiger partial charge in [0, 0.05) is 17.5 Å². The highest BCUT2D eigenvalue weighted by Crippen LogP contribution is 2.21. The van der Waals surface area contributed by atoms with Gasteiger partial charge in [0.05, 0.1) is 6.04 Å². The fourth-order valence-corrected chi connectivity index (χ4v) is 3.80. The molecule has 5 heteroatoms. The molecule has 1 saturated heterocycles. The summed E-state index contributed by atoms with van der Waals surface area (Å²) in [5, 5.41) is 3.88. The molecule has 0 saturated carbocycles. The molecule has 28 heavy (non-hydrogen) atoms. The molecule has 2 aromatic rings. The van der Waals surface area contributed by atoms with Crippen molar-refractivity contribution >= 4 is 17.5 Å². The molecule has 4 nitrogen and oxygen atoms in total. The molecule has 1 heterocycles. The topological polar surface area (TPSA) is 41.6 Å². The first-order chi connectivity index (χ1) is 13.5. The van der Waals surface area contributed by atoms with Gasteiger partial charge in [0.1, 0.15) is 12.4 Å². The van der Waals surface area contributed by atoms with Crippen LogP contribution in [0.3, 0.4) is 0 Å². The van der Waals surface area contributed by atoms with Gasteiger partial charge in [-0.25, -0.2) is 0 Å². The van der Waals surface area contributed by atoms with E-state index in [1.54, 1.807) is 0 Å². The van der Waals surface area contributed by atoms with E-state index in [1.807, 2.05) is 56.3 Å². The van der Waals surface area contributed by atoms with E-state index < -0.39 is 0 Å². The van der Waals surface area contributed by atoms with Gasteiger partial charge in [-0.1, -0.05) is 41.9 Å². The summed E-state index contributed by atoms with van der Waals surface area (Å²) in [5.41, 5.74) is 2.32. The standard InChI is InChI=1S/C23H29ClN2O2/c1-17-6-3-4-9-22(17)28-16-18(2)25-23(27)20-10-12-26(13-11-20)15-19-7-5-8-21(24)14-19/h3-9,14,18,20H,10-13,15-16H2,1-2H3,(H,25,27)/t18-/m1/s1. The number of nitrogens with zero attached hydrogens (tertiary/aromatic N) is 1. The van der Waals surface area contributed by atoms with E-state index >= 15 is 0 Å². The molecule has 0 spiro atoms. The number of aryl methyl sites for hydroxylation is 1. The number of nitrogens with one attached hydrogen (secondary N) is 1. The van der Waals surface area contributed by atoms with Gasteiger partial charge in [0.25, 0.3) is 0 Å². The Morgan fingerprint density at radius 2 is 1.96 bits per heavy atom. The van der Waals surface area contributed by atoms with Crippen molar-refractivity contribution in [3.8, 4) is 5.75 Å². The van der Waals surface area contributed by atoms with Crippen molar-refractivity contribution in [1.82, 2.24) is 10.2 Å². The first-order valence-corrected chi connectivity index (χ1v) is 10.3. The molecule has 2 aromatic carbocycles. The van der Waals surface area contributed by atoms with E-state index in [-0.39, 0.29) is 17.9 Å². The highest BCUT2D eigenvalue weighted by Gasteiger charge is 2.25. The SMILES string of the molecule is Cc1ccccc1OC[C@@H](C)NC(=O)C1CCN(Cc2cccc(Cl)c2)CC1. The van der Waals surface area contributed by atoms with Crippen molar-refractivity contribution in [2.45, 2.75) is 39.3 Å². The number of ether oxygens (including phenoxy) is 1. The molecule has 150 valence electrons. The molecule has 0 aromatic heterocycles. The Morgan fingerprint density at radius 3 is 2.68 bits per heavy atom. The van der Waals surface area contributed by atoms with Crippen LogP contribution in [0.15, 0.2) is 48.5 Å². The molecular formula is C23H29ClN2O2. The van der Waals surface area contributed by atoms with Gasteiger partial charge in [0.15, 0.2) is 0 Å². The molecule has 3 rings (SSSR count). The monoisotopic (exact) mass is 400 g/mol. The molecular weight excluding hydrogens is 372 g/mol. The average Bonchev–Trinajstić information content (AvgIpc) is 2.68. The van der Waals surface area contributed by atoms with E-state index in [4.69, 9.17) is 16.3 Å². The minimum Gasteiger partial charge on any atom is -0.491 e. The third-order valence-corrected chi connectivity index (χ3v) is 5.46. The van der Waals surface area contributed by atoms with Gasteiger partial charge in [-0.2, -0.15) is 0 Å². The van der Waals surface area contributed by atoms with Gasteiger partial charge in [0.2, 0.25) is 5.91 Å². The Kier molecular flexibility index (Phi) is 7.35. The molecule has 0 radical (unpaired) electrons. The van der Waals surface area contributed by atoms with E-state index in [0.29, 0.717) is 6.61 Å². The Labute approximate surface area is 172 Å². The van der Waals surface area contributed by atoms with Crippen LogP contribution in [0.5, 0.6) is 5.75 Å². The van der Waals surface area contributed by atoms with Crippen LogP contribution < -0.4 is 10.1 Å². The number of hydrogen-bond acceptors (Lipinski definition) is 3. The van der Waals surface area contributed by atoms with Gasteiger partial charge >= 0.3 is 0 Å². The van der Waals surface area contributed by atoms with Crippen LogP contribution in [0.2, 0.25) is 5.02 Å². The first kappa shape index (κ1) is 20.7. The molecule has 0 unspecified atom stereocenters. The number of benzene rings is 2. The number of likely N-dealkylation sites (tertiary alicyclic amines) is 1. The van der Waals surface area contributed by atoms with E-state index in [2.05, 4.69) is 16.3 Å². The maximum absolute atomic E-state index is 12.6. The summed E-state index contributed by atoms with van der Waals surface area (Å²) in [6.07, 6.45) is 1.77. The van der Waals surface area contributed by atoms with Crippen molar-refractivity contribution in [3.63, 3.8) is 0 Å². The lowest BCUT2D eigenvalue weighted by atomic mass is 9.95. The van der Waals surface area contributed by atoms with Crippen LogP contribution in [0.4, 0.5) is 0 Å². The van der Waals surface area contributed by atoms with Crippen LogP contribution in [0.25, 0.3) is 0 Å². The number of piperidine rings is 1. The number of amides is 1. The second kappa shape index (κ2) is 9.94. The zero-order valence-corrected chi connectivity index (χ0v) is 17.4. The second-order valence-electron chi connectivity index (χ2n) is 7.67. The van der Waals surface area contributed by atoms with Gasteiger partial charge in [-0.3, -0.25) is 9.69 Å². The van der Waals surface area contributed by atoms with Gasteiger partial charge in [-0.05, 0) is 69.1 Å². The predicted molar refractivity (Wildman–Crippen MR) is 114 cm³/mol. The van der Waals surface area contributed by atoms with Gasteiger partial charge in [-0.15, -0.1) is 0 Å². The zero-order valence-electron chi connectivity index (χ0n) is 16.7. The number of rotatable bonds is 7. The lowest BCUT2D eigenvalue weighted by molar-refractivity contribution is -0.127. The lowest BCUT2D eigenvalue weighted by Crippen LogP contribution is -2.44. The molecule has 1 aliphatic rings. The van der Waals surface area contributed by atoms with Crippen LogP contribution in [0, 0.1) is 12.8 Å². The van der Waals surface area contributed by atoms with Crippen molar-refractivity contribution < 1.29 is 9.53 Å².